The third-order valence-electron chi connectivity index (χ3n) is 5.20. The van der Waals surface area contributed by atoms with Crippen molar-refractivity contribution in [2.24, 2.45) is 0 Å². The first kappa shape index (κ1) is 24.5. The van der Waals surface area contributed by atoms with Crippen molar-refractivity contribution in [2.45, 2.75) is 53.4 Å². The zero-order valence-corrected chi connectivity index (χ0v) is 18.9. The Bertz CT molecular complexity index is 596. The Morgan fingerprint density at radius 1 is 0.536 bits per heavy atom. The minimum atomic E-state index is 0. The molecule has 28 heavy (non-hydrogen) atoms. The van der Waals surface area contributed by atoms with Gasteiger partial charge in [0.25, 0.3) is 0 Å². The second-order valence-corrected chi connectivity index (χ2v) is 6.92. The molecule has 158 valence electrons. The fraction of sp³-hybridized carbons (Fsp3) is 0.500. The van der Waals surface area contributed by atoms with E-state index in [1.54, 1.807) is 0 Å². The van der Waals surface area contributed by atoms with Crippen molar-refractivity contribution in [1.82, 2.24) is 5.32 Å². The van der Waals surface area contributed by atoms with Crippen LogP contribution in [0.4, 0.5) is 11.4 Å². The Balaban J connectivity index is 0.00000392. The molecule has 0 fully saturated rings. The third-order valence-corrected chi connectivity index (χ3v) is 5.20. The summed E-state index contributed by atoms with van der Waals surface area (Å²) < 4.78 is 0. The Morgan fingerprint density at radius 2 is 0.857 bits per heavy atom. The van der Waals surface area contributed by atoms with Gasteiger partial charge < -0.3 is 16.0 Å². The number of para-hydroxylation sites is 2. The van der Waals surface area contributed by atoms with Gasteiger partial charge in [-0.25, -0.2) is 0 Å². The van der Waals surface area contributed by atoms with E-state index >= 15 is 0 Å². The van der Waals surface area contributed by atoms with Crippen molar-refractivity contribution >= 4 is 11.4 Å². The smallest absolute Gasteiger partial charge is 0.0405 e. The predicted octanol–water partition coefficient (Wildman–Crippen LogP) is 5.05. The van der Waals surface area contributed by atoms with Gasteiger partial charge in [0.2, 0.25) is 0 Å². The molecule has 0 aliphatic heterocycles. The second kappa shape index (κ2) is 13.6. The van der Waals surface area contributed by atoms with Crippen LogP contribution in [0.15, 0.2) is 36.4 Å². The molecule has 0 spiro atoms. The summed E-state index contributed by atoms with van der Waals surface area (Å²) in [6, 6.07) is 13.3. The molecule has 0 radical (unpaired) electrons. The van der Waals surface area contributed by atoms with Crippen LogP contribution >= 0.6 is 0 Å². The van der Waals surface area contributed by atoms with E-state index in [1.165, 1.54) is 33.6 Å². The Hall–Kier alpha value is -1.51. The summed E-state index contributed by atoms with van der Waals surface area (Å²) in [6.45, 7) is 12.7. The van der Waals surface area contributed by atoms with E-state index in [9.17, 15) is 0 Å². The molecule has 0 atom stereocenters. The number of hydrogen-bond donors (Lipinski definition) is 3. The van der Waals surface area contributed by atoms with Gasteiger partial charge in [0.1, 0.15) is 0 Å². The molecule has 2 aromatic rings. The fourth-order valence-electron chi connectivity index (χ4n) is 3.62. The molecule has 0 aromatic heterocycles. The van der Waals surface area contributed by atoms with Crippen LogP contribution in [0.3, 0.4) is 0 Å². The van der Waals surface area contributed by atoms with Crippen LogP contribution < -0.4 is 16.0 Å². The maximum atomic E-state index is 3.65. The normalized spacial score (nSPS) is 10.4. The van der Waals surface area contributed by atoms with Crippen molar-refractivity contribution in [3.05, 3.63) is 58.7 Å². The Kier molecular flexibility index (Phi) is 11.9. The van der Waals surface area contributed by atoms with Crippen LogP contribution in [0.5, 0.6) is 0 Å². The summed E-state index contributed by atoms with van der Waals surface area (Å²) in [6.07, 6.45) is 4.29. The second-order valence-electron chi connectivity index (χ2n) is 6.92. The molecule has 0 saturated heterocycles. The van der Waals surface area contributed by atoms with E-state index in [2.05, 4.69) is 80.0 Å². The number of aryl methyl sites for hydroxylation is 4. The van der Waals surface area contributed by atoms with Gasteiger partial charge in [-0.2, -0.15) is 0 Å². The monoisotopic (exact) mass is 425 g/mol. The predicted molar refractivity (Wildman–Crippen MR) is 120 cm³/mol. The van der Waals surface area contributed by atoms with Gasteiger partial charge in [-0.05, 0) is 47.9 Å². The third kappa shape index (κ3) is 6.83. The molecular formula is C24H37N3Ni. The zero-order valence-electron chi connectivity index (χ0n) is 17.9. The average molecular weight is 426 g/mol. The van der Waals surface area contributed by atoms with Gasteiger partial charge in [0.05, 0.1) is 0 Å². The molecule has 2 rings (SSSR count). The van der Waals surface area contributed by atoms with E-state index in [1.807, 2.05) is 0 Å². The molecule has 0 bridgehead atoms. The topological polar surface area (TPSA) is 36.1 Å². The van der Waals surface area contributed by atoms with Gasteiger partial charge >= 0.3 is 0 Å². The summed E-state index contributed by atoms with van der Waals surface area (Å²) in [4.78, 5) is 0. The SMILES string of the molecule is CCc1cccc(CC)c1NCCNCCNc1c(CC)cccc1CC.[Ni]. The number of nitrogens with one attached hydrogen (secondary N) is 3. The summed E-state index contributed by atoms with van der Waals surface area (Å²) >= 11 is 0. The summed E-state index contributed by atoms with van der Waals surface area (Å²) in [5.74, 6) is 0. The standard InChI is InChI=1S/C24H37N3.Ni/c1-5-19-11-9-12-20(6-2)23(19)26-17-15-25-16-18-27-24-21(7-3)13-10-14-22(24)8-4;/h9-14,25-27H,5-8,15-18H2,1-4H3;. The van der Waals surface area contributed by atoms with Crippen molar-refractivity contribution in [1.29, 1.82) is 0 Å². The van der Waals surface area contributed by atoms with Gasteiger partial charge in [0.15, 0.2) is 0 Å². The summed E-state index contributed by atoms with van der Waals surface area (Å²) in [5, 5.41) is 10.8. The largest absolute Gasteiger partial charge is 0.383 e. The number of hydrogen-bond acceptors (Lipinski definition) is 3. The number of anilines is 2. The molecule has 0 heterocycles. The van der Waals surface area contributed by atoms with E-state index in [-0.39, 0.29) is 16.5 Å². The molecule has 4 heteroatoms. The molecule has 3 N–H and O–H groups in total. The van der Waals surface area contributed by atoms with Gasteiger partial charge in [0, 0.05) is 54.0 Å². The fourth-order valence-corrected chi connectivity index (χ4v) is 3.62. The molecule has 2 aromatic carbocycles. The number of benzene rings is 2. The van der Waals surface area contributed by atoms with E-state index < -0.39 is 0 Å². The van der Waals surface area contributed by atoms with Gasteiger partial charge in [-0.1, -0.05) is 64.1 Å². The van der Waals surface area contributed by atoms with Crippen molar-refractivity contribution in [3.63, 3.8) is 0 Å². The molecular weight excluding hydrogens is 389 g/mol. The van der Waals surface area contributed by atoms with Crippen molar-refractivity contribution in [2.75, 3.05) is 36.8 Å². The summed E-state index contributed by atoms with van der Waals surface area (Å²) in [5.41, 5.74) is 8.34. The maximum absolute atomic E-state index is 3.65. The van der Waals surface area contributed by atoms with Crippen LogP contribution in [0.25, 0.3) is 0 Å². The van der Waals surface area contributed by atoms with Crippen LogP contribution in [-0.4, -0.2) is 26.2 Å². The molecule has 0 saturated carbocycles. The molecule has 0 unspecified atom stereocenters. The van der Waals surface area contributed by atoms with Crippen molar-refractivity contribution < 1.29 is 16.5 Å². The minimum absolute atomic E-state index is 0. The first-order valence-electron chi connectivity index (χ1n) is 10.6. The Labute approximate surface area is 182 Å². The number of rotatable bonds is 12. The van der Waals surface area contributed by atoms with Crippen molar-refractivity contribution in [3.8, 4) is 0 Å². The average Bonchev–Trinajstić information content (AvgIpc) is 2.72. The van der Waals surface area contributed by atoms with Gasteiger partial charge in [-0.15, -0.1) is 0 Å². The van der Waals surface area contributed by atoms with Crippen LogP contribution in [0.1, 0.15) is 49.9 Å². The van der Waals surface area contributed by atoms with Crippen LogP contribution in [0.2, 0.25) is 0 Å². The molecule has 0 aliphatic carbocycles. The molecule has 3 nitrogen and oxygen atoms in total. The first-order valence-corrected chi connectivity index (χ1v) is 10.6. The summed E-state index contributed by atoms with van der Waals surface area (Å²) in [7, 11) is 0. The Morgan fingerprint density at radius 3 is 1.14 bits per heavy atom. The van der Waals surface area contributed by atoms with E-state index in [0.29, 0.717) is 0 Å². The molecule has 0 amide bonds. The van der Waals surface area contributed by atoms with E-state index in [4.69, 9.17) is 0 Å². The first-order chi connectivity index (χ1) is 13.2. The maximum Gasteiger partial charge on any atom is 0.0405 e. The quantitative estimate of drug-likeness (QED) is 0.329. The van der Waals surface area contributed by atoms with Gasteiger partial charge in [-0.3, -0.25) is 0 Å². The van der Waals surface area contributed by atoms with Crippen LogP contribution in [0, 0.1) is 0 Å². The molecule has 0 aliphatic rings. The zero-order chi connectivity index (χ0) is 19.5. The van der Waals surface area contributed by atoms with E-state index in [0.717, 1.165) is 51.9 Å². The van der Waals surface area contributed by atoms with Crippen LogP contribution in [-0.2, 0) is 42.2 Å². The minimum Gasteiger partial charge on any atom is -0.383 e.